The lowest BCUT2D eigenvalue weighted by Gasteiger charge is -2.21. The van der Waals surface area contributed by atoms with E-state index in [2.05, 4.69) is 0 Å². The zero-order valence-corrected chi connectivity index (χ0v) is 7.19. The minimum Gasteiger partial charge on any atom is -0.504 e. The van der Waals surface area contributed by atoms with E-state index in [4.69, 9.17) is 4.74 Å². The lowest BCUT2D eigenvalue weighted by molar-refractivity contribution is 0.0110. The van der Waals surface area contributed by atoms with E-state index in [1.807, 2.05) is 6.07 Å². The summed E-state index contributed by atoms with van der Waals surface area (Å²) in [5.74, 6) is 0.404. The standard InChI is InChI=1S/C10H10O3/c1-6-5-7-3-2-4-8(11)9(7)13-10(6)12/h2-5,10-12H,1H3. The third-order valence-corrected chi connectivity index (χ3v) is 2.03. The van der Waals surface area contributed by atoms with E-state index in [9.17, 15) is 10.2 Å². The number of ether oxygens (including phenoxy) is 1. The van der Waals surface area contributed by atoms with Crippen LogP contribution in [0.25, 0.3) is 6.08 Å². The summed E-state index contributed by atoms with van der Waals surface area (Å²) in [4.78, 5) is 0. The Morgan fingerprint density at radius 1 is 1.38 bits per heavy atom. The molecule has 0 spiro atoms. The summed E-state index contributed by atoms with van der Waals surface area (Å²) in [6, 6.07) is 5.09. The van der Waals surface area contributed by atoms with Crippen LogP contribution in [0.4, 0.5) is 0 Å². The number of benzene rings is 1. The lowest BCUT2D eigenvalue weighted by atomic mass is 10.1. The first-order valence-corrected chi connectivity index (χ1v) is 4.03. The summed E-state index contributed by atoms with van der Waals surface area (Å²) in [6.07, 6.45) is 0.851. The van der Waals surface area contributed by atoms with Crippen molar-refractivity contribution in [3.05, 3.63) is 29.3 Å². The van der Waals surface area contributed by atoms with Gasteiger partial charge in [-0.3, -0.25) is 0 Å². The third kappa shape index (κ3) is 1.27. The van der Waals surface area contributed by atoms with E-state index >= 15 is 0 Å². The van der Waals surface area contributed by atoms with Gasteiger partial charge < -0.3 is 14.9 Å². The average molecular weight is 178 g/mol. The topological polar surface area (TPSA) is 49.7 Å². The van der Waals surface area contributed by atoms with Crippen LogP contribution in [0.1, 0.15) is 12.5 Å². The van der Waals surface area contributed by atoms with Crippen molar-refractivity contribution in [1.82, 2.24) is 0 Å². The maximum absolute atomic E-state index is 9.40. The normalized spacial score (nSPS) is 20.2. The van der Waals surface area contributed by atoms with Gasteiger partial charge in [0, 0.05) is 5.56 Å². The summed E-state index contributed by atoms with van der Waals surface area (Å²) < 4.78 is 5.11. The monoisotopic (exact) mass is 178 g/mol. The van der Waals surface area contributed by atoms with Crippen LogP contribution < -0.4 is 4.74 Å². The molecule has 1 aliphatic heterocycles. The highest BCUT2D eigenvalue weighted by atomic mass is 16.6. The second kappa shape index (κ2) is 2.78. The second-order valence-electron chi connectivity index (χ2n) is 3.05. The molecule has 0 aromatic heterocycles. The van der Waals surface area contributed by atoms with Crippen LogP contribution in [0.15, 0.2) is 23.8 Å². The Morgan fingerprint density at radius 2 is 2.15 bits per heavy atom. The number of fused-ring (bicyclic) bond motifs is 1. The van der Waals surface area contributed by atoms with E-state index < -0.39 is 6.29 Å². The van der Waals surface area contributed by atoms with Crippen molar-refractivity contribution >= 4 is 6.08 Å². The molecular formula is C10H10O3. The fourth-order valence-corrected chi connectivity index (χ4v) is 1.31. The zero-order valence-electron chi connectivity index (χ0n) is 7.19. The summed E-state index contributed by atoms with van der Waals surface area (Å²) in [7, 11) is 0. The Labute approximate surface area is 75.9 Å². The van der Waals surface area contributed by atoms with Gasteiger partial charge in [0.25, 0.3) is 0 Å². The van der Waals surface area contributed by atoms with Gasteiger partial charge in [0.05, 0.1) is 0 Å². The molecule has 13 heavy (non-hydrogen) atoms. The van der Waals surface area contributed by atoms with Gasteiger partial charge in [0.15, 0.2) is 11.5 Å². The third-order valence-electron chi connectivity index (χ3n) is 2.03. The number of aromatic hydroxyl groups is 1. The van der Waals surface area contributed by atoms with Crippen molar-refractivity contribution in [2.75, 3.05) is 0 Å². The molecule has 1 aromatic carbocycles. The summed E-state index contributed by atoms with van der Waals surface area (Å²) >= 11 is 0. The summed E-state index contributed by atoms with van der Waals surface area (Å²) in [6.45, 7) is 1.78. The molecule has 2 N–H and O–H groups in total. The molecule has 3 heteroatoms. The number of para-hydroxylation sites is 1. The Balaban J connectivity index is 2.56. The van der Waals surface area contributed by atoms with Crippen molar-refractivity contribution < 1.29 is 14.9 Å². The molecule has 0 aliphatic carbocycles. The maximum Gasteiger partial charge on any atom is 0.220 e. The van der Waals surface area contributed by atoms with Crippen molar-refractivity contribution in [1.29, 1.82) is 0 Å². The summed E-state index contributed by atoms with van der Waals surface area (Å²) in [5.41, 5.74) is 1.53. The molecule has 0 saturated carbocycles. The first-order chi connectivity index (χ1) is 6.18. The lowest BCUT2D eigenvalue weighted by Crippen LogP contribution is -2.20. The smallest absolute Gasteiger partial charge is 0.220 e. The highest BCUT2D eigenvalue weighted by Gasteiger charge is 2.19. The molecule has 2 rings (SSSR count). The van der Waals surface area contributed by atoms with Crippen molar-refractivity contribution in [3.63, 3.8) is 0 Å². The van der Waals surface area contributed by atoms with E-state index in [0.717, 1.165) is 11.1 Å². The highest BCUT2D eigenvalue weighted by molar-refractivity contribution is 5.65. The average Bonchev–Trinajstić information content (AvgIpc) is 2.09. The van der Waals surface area contributed by atoms with Crippen LogP contribution >= 0.6 is 0 Å². The van der Waals surface area contributed by atoms with Crippen LogP contribution in [0, 0.1) is 0 Å². The highest BCUT2D eigenvalue weighted by Crippen LogP contribution is 2.35. The van der Waals surface area contributed by atoms with E-state index in [-0.39, 0.29) is 5.75 Å². The minimum absolute atomic E-state index is 0.0558. The van der Waals surface area contributed by atoms with Gasteiger partial charge in [-0.25, -0.2) is 0 Å². The van der Waals surface area contributed by atoms with Crippen molar-refractivity contribution in [2.45, 2.75) is 13.2 Å². The molecule has 0 fully saturated rings. The molecule has 1 unspecified atom stereocenters. The molecule has 1 heterocycles. The fraction of sp³-hybridized carbons (Fsp3) is 0.200. The second-order valence-corrected chi connectivity index (χ2v) is 3.05. The largest absolute Gasteiger partial charge is 0.504 e. The van der Waals surface area contributed by atoms with Crippen LogP contribution in [-0.4, -0.2) is 16.5 Å². The van der Waals surface area contributed by atoms with Crippen molar-refractivity contribution in [2.24, 2.45) is 0 Å². The quantitative estimate of drug-likeness (QED) is 0.633. The SMILES string of the molecule is CC1=Cc2cccc(O)c2OC1O. The van der Waals surface area contributed by atoms with Crippen LogP contribution in [0.5, 0.6) is 11.5 Å². The first kappa shape index (κ1) is 8.13. The number of phenolic OH excluding ortho intramolecular Hbond substituents is 1. The van der Waals surface area contributed by atoms with Gasteiger partial charge in [0.2, 0.25) is 6.29 Å². The first-order valence-electron chi connectivity index (χ1n) is 4.03. The van der Waals surface area contributed by atoms with Gasteiger partial charge in [-0.1, -0.05) is 12.1 Å². The molecule has 0 bridgehead atoms. The van der Waals surface area contributed by atoms with Crippen LogP contribution in [0.3, 0.4) is 0 Å². The predicted molar refractivity (Wildman–Crippen MR) is 48.4 cm³/mol. The van der Waals surface area contributed by atoms with E-state index in [1.54, 1.807) is 19.1 Å². The van der Waals surface area contributed by atoms with Gasteiger partial charge >= 0.3 is 0 Å². The molecule has 0 amide bonds. The molecular weight excluding hydrogens is 168 g/mol. The number of phenols is 1. The molecule has 0 radical (unpaired) electrons. The number of hydrogen-bond acceptors (Lipinski definition) is 3. The van der Waals surface area contributed by atoms with Crippen LogP contribution in [-0.2, 0) is 0 Å². The van der Waals surface area contributed by atoms with Gasteiger partial charge in [-0.05, 0) is 24.6 Å². The van der Waals surface area contributed by atoms with Crippen molar-refractivity contribution in [3.8, 4) is 11.5 Å². The zero-order chi connectivity index (χ0) is 9.42. The maximum atomic E-state index is 9.40. The number of aliphatic hydroxyl groups is 1. The number of rotatable bonds is 0. The molecule has 0 saturated heterocycles. The number of hydrogen-bond donors (Lipinski definition) is 2. The summed E-state index contributed by atoms with van der Waals surface area (Å²) in [5, 5.41) is 18.7. The van der Waals surface area contributed by atoms with Gasteiger partial charge in [-0.2, -0.15) is 0 Å². The molecule has 1 aromatic rings. The van der Waals surface area contributed by atoms with Gasteiger partial charge in [-0.15, -0.1) is 0 Å². The Kier molecular flexibility index (Phi) is 1.74. The van der Waals surface area contributed by atoms with Gasteiger partial charge in [0.1, 0.15) is 0 Å². The fourth-order valence-electron chi connectivity index (χ4n) is 1.31. The van der Waals surface area contributed by atoms with E-state index in [0.29, 0.717) is 5.75 Å². The van der Waals surface area contributed by atoms with E-state index in [1.165, 1.54) is 6.07 Å². The Morgan fingerprint density at radius 3 is 2.92 bits per heavy atom. The molecule has 68 valence electrons. The molecule has 3 nitrogen and oxygen atoms in total. The molecule has 1 atom stereocenters. The molecule has 1 aliphatic rings. The number of aliphatic hydroxyl groups excluding tert-OH is 1. The Bertz CT molecular complexity index is 368. The Hall–Kier alpha value is -1.48. The predicted octanol–water partition coefficient (Wildman–Crippen LogP) is 1.51. The van der Waals surface area contributed by atoms with Crippen LogP contribution in [0.2, 0.25) is 0 Å². The minimum atomic E-state index is -0.944.